The Morgan fingerprint density at radius 2 is 2.16 bits per heavy atom. The number of amides is 1. The number of aromatic amines is 1. The molecule has 0 atom stereocenters. The van der Waals surface area contributed by atoms with Crippen molar-refractivity contribution in [1.82, 2.24) is 24.8 Å². The SMILES string of the molecule is CC(C)(O)CNC(=O)Cc1nc2cnc3[nH]cc(F)c3c2n1[C@H]1CC[C@H](CC#N)CC1. The van der Waals surface area contributed by atoms with Gasteiger partial charge >= 0.3 is 0 Å². The van der Waals surface area contributed by atoms with E-state index in [4.69, 9.17) is 5.26 Å². The summed E-state index contributed by atoms with van der Waals surface area (Å²) in [5.74, 6) is 0.281. The van der Waals surface area contributed by atoms with Crippen LogP contribution in [-0.2, 0) is 11.2 Å². The molecule has 0 bridgehead atoms. The molecule has 1 amide bonds. The van der Waals surface area contributed by atoms with Crippen molar-refractivity contribution in [2.24, 2.45) is 5.92 Å². The van der Waals surface area contributed by atoms with Gasteiger partial charge in [0.15, 0.2) is 5.82 Å². The first kappa shape index (κ1) is 21.2. The van der Waals surface area contributed by atoms with Crippen LogP contribution < -0.4 is 5.32 Å². The molecule has 0 spiro atoms. The third kappa shape index (κ3) is 4.39. The van der Waals surface area contributed by atoms with Gasteiger partial charge in [0.25, 0.3) is 0 Å². The second kappa shape index (κ2) is 8.27. The molecule has 0 aliphatic heterocycles. The predicted molar refractivity (Wildman–Crippen MR) is 114 cm³/mol. The lowest BCUT2D eigenvalue weighted by Crippen LogP contribution is -2.39. The number of nitriles is 1. The van der Waals surface area contributed by atoms with Crippen LogP contribution in [0.25, 0.3) is 22.1 Å². The quantitative estimate of drug-likeness (QED) is 0.559. The summed E-state index contributed by atoms with van der Waals surface area (Å²) in [6.45, 7) is 3.38. The van der Waals surface area contributed by atoms with E-state index in [9.17, 15) is 14.3 Å². The van der Waals surface area contributed by atoms with Gasteiger partial charge in [0.05, 0.1) is 35.2 Å². The lowest BCUT2D eigenvalue weighted by Gasteiger charge is -2.30. The highest BCUT2D eigenvalue weighted by molar-refractivity contribution is 6.02. The van der Waals surface area contributed by atoms with Gasteiger partial charge < -0.3 is 20.0 Å². The minimum atomic E-state index is -1.01. The number of imidazole rings is 1. The Labute approximate surface area is 179 Å². The van der Waals surface area contributed by atoms with E-state index in [1.165, 1.54) is 6.20 Å². The Morgan fingerprint density at radius 3 is 2.84 bits per heavy atom. The van der Waals surface area contributed by atoms with Crippen LogP contribution in [0.1, 0.15) is 57.8 Å². The van der Waals surface area contributed by atoms with Crippen LogP contribution in [0.15, 0.2) is 12.4 Å². The maximum atomic E-state index is 14.7. The molecule has 1 aliphatic rings. The van der Waals surface area contributed by atoms with E-state index in [-0.39, 0.29) is 24.9 Å². The molecule has 0 aromatic carbocycles. The van der Waals surface area contributed by atoms with E-state index in [1.54, 1.807) is 20.0 Å². The van der Waals surface area contributed by atoms with Crippen molar-refractivity contribution in [2.45, 2.75) is 64.0 Å². The Hall–Kier alpha value is -2.99. The smallest absolute Gasteiger partial charge is 0.227 e. The van der Waals surface area contributed by atoms with Crippen molar-refractivity contribution in [1.29, 1.82) is 5.26 Å². The first-order chi connectivity index (χ1) is 14.8. The molecule has 9 heteroatoms. The maximum Gasteiger partial charge on any atom is 0.227 e. The molecule has 1 fully saturated rings. The summed E-state index contributed by atoms with van der Waals surface area (Å²) in [6.07, 6.45) is 6.95. The van der Waals surface area contributed by atoms with E-state index in [2.05, 4.69) is 26.3 Å². The van der Waals surface area contributed by atoms with Crippen molar-refractivity contribution >= 4 is 28.0 Å². The van der Waals surface area contributed by atoms with Crippen LogP contribution in [0, 0.1) is 23.1 Å². The largest absolute Gasteiger partial charge is 0.389 e. The number of halogens is 1. The molecular formula is C22H27FN6O2. The fourth-order valence-electron chi connectivity index (χ4n) is 4.45. The number of carbonyl (C=O) groups is 1. The molecule has 164 valence electrons. The van der Waals surface area contributed by atoms with Crippen molar-refractivity contribution in [3.8, 4) is 6.07 Å². The van der Waals surface area contributed by atoms with Crippen LogP contribution in [-0.4, -0.2) is 42.7 Å². The van der Waals surface area contributed by atoms with E-state index < -0.39 is 11.4 Å². The number of pyridine rings is 1. The topological polar surface area (TPSA) is 120 Å². The zero-order chi connectivity index (χ0) is 22.2. The van der Waals surface area contributed by atoms with E-state index >= 15 is 0 Å². The first-order valence-corrected chi connectivity index (χ1v) is 10.6. The van der Waals surface area contributed by atoms with Gasteiger partial charge in [-0.05, 0) is 45.4 Å². The number of H-pyrrole nitrogens is 1. The highest BCUT2D eigenvalue weighted by atomic mass is 19.1. The first-order valence-electron chi connectivity index (χ1n) is 10.6. The van der Waals surface area contributed by atoms with Crippen LogP contribution in [0.5, 0.6) is 0 Å². The third-order valence-corrected chi connectivity index (χ3v) is 5.97. The van der Waals surface area contributed by atoms with Gasteiger partial charge in [0.2, 0.25) is 5.91 Å². The van der Waals surface area contributed by atoms with Crippen molar-refractivity contribution in [3.63, 3.8) is 0 Å². The average molecular weight is 426 g/mol. The number of rotatable bonds is 6. The highest BCUT2D eigenvalue weighted by Gasteiger charge is 2.28. The van der Waals surface area contributed by atoms with Gasteiger partial charge in [-0.25, -0.2) is 14.4 Å². The molecule has 8 nitrogen and oxygen atoms in total. The second-order valence-electron chi connectivity index (χ2n) is 9.05. The molecular weight excluding hydrogens is 399 g/mol. The molecule has 31 heavy (non-hydrogen) atoms. The summed E-state index contributed by atoms with van der Waals surface area (Å²) in [5.41, 5.74) is 0.634. The minimum Gasteiger partial charge on any atom is -0.389 e. The molecule has 3 heterocycles. The van der Waals surface area contributed by atoms with Gasteiger partial charge in [0, 0.05) is 25.2 Å². The molecule has 1 saturated carbocycles. The van der Waals surface area contributed by atoms with Gasteiger partial charge in [0.1, 0.15) is 17.0 Å². The second-order valence-corrected chi connectivity index (χ2v) is 9.05. The number of nitrogens with zero attached hydrogens (tertiary/aromatic N) is 4. The average Bonchev–Trinajstić information content (AvgIpc) is 3.27. The zero-order valence-electron chi connectivity index (χ0n) is 17.8. The number of hydrogen-bond acceptors (Lipinski definition) is 5. The van der Waals surface area contributed by atoms with Crippen molar-refractivity contribution < 1.29 is 14.3 Å². The van der Waals surface area contributed by atoms with Crippen LogP contribution in [0.4, 0.5) is 4.39 Å². The number of hydrogen-bond donors (Lipinski definition) is 3. The van der Waals surface area contributed by atoms with Crippen molar-refractivity contribution in [2.75, 3.05) is 6.54 Å². The lowest BCUT2D eigenvalue weighted by molar-refractivity contribution is -0.121. The van der Waals surface area contributed by atoms with Crippen molar-refractivity contribution in [3.05, 3.63) is 24.0 Å². The number of aliphatic hydroxyl groups is 1. The number of fused-ring (bicyclic) bond motifs is 3. The Morgan fingerprint density at radius 1 is 1.42 bits per heavy atom. The summed E-state index contributed by atoms with van der Waals surface area (Å²) in [7, 11) is 0. The fraction of sp³-hybridized carbons (Fsp3) is 0.545. The number of carbonyl (C=O) groups excluding carboxylic acids is 1. The Balaban J connectivity index is 1.72. The Bertz CT molecular complexity index is 1140. The molecule has 3 aromatic heterocycles. The predicted octanol–water partition coefficient (Wildman–Crippen LogP) is 3.13. The summed E-state index contributed by atoms with van der Waals surface area (Å²) >= 11 is 0. The molecule has 0 saturated heterocycles. The molecule has 3 aromatic rings. The van der Waals surface area contributed by atoms with Gasteiger partial charge in [-0.1, -0.05) is 0 Å². The molecule has 3 N–H and O–H groups in total. The normalized spacial score (nSPS) is 19.6. The molecule has 1 aliphatic carbocycles. The molecule has 4 rings (SSSR count). The van der Waals surface area contributed by atoms with Gasteiger partial charge in [-0.3, -0.25) is 4.79 Å². The zero-order valence-corrected chi connectivity index (χ0v) is 17.8. The van der Waals surface area contributed by atoms with E-state index in [1.807, 2.05) is 4.57 Å². The minimum absolute atomic E-state index is 0.0242. The van der Waals surface area contributed by atoms with E-state index in [0.29, 0.717) is 40.2 Å². The summed E-state index contributed by atoms with van der Waals surface area (Å²) in [4.78, 5) is 24.3. The maximum absolute atomic E-state index is 14.7. The number of aromatic nitrogens is 4. The van der Waals surface area contributed by atoms with E-state index in [0.717, 1.165) is 25.7 Å². The van der Waals surface area contributed by atoms with Crippen LogP contribution in [0.2, 0.25) is 0 Å². The van der Waals surface area contributed by atoms with Gasteiger partial charge in [-0.2, -0.15) is 5.26 Å². The monoisotopic (exact) mass is 426 g/mol. The summed E-state index contributed by atoms with van der Waals surface area (Å²) in [5, 5.41) is 22.0. The van der Waals surface area contributed by atoms with Crippen LogP contribution >= 0.6 is 0 Å². The fourth-order valence-corrected chi connectivity index (χ4v) is 4.45. The van der Waals surface area contributed by atoms with Gasteiger partial charge in [-0.15, -0.1) is 0 Å². The number of nitrogens with one attached hydrogen (secondary N) is 2. The molecule has 0 unspecified atom stereocenters. The standard InChI is InChI=1S/C22H27FN6O2/c1-22(2,31)12-27-18(30)9-17-28-16-11-26-21-19(15(23)10-25-21)20(16)29(17)14-5-3-13(4-6-14)7-8-24/h10-11,13-14,31H,3-7,9,12H2,1-2H3,(H,25,26)(H,27,30)/t13-,14-. The van der Waals surface area contributed by atoms with Crippen LogP contribution in [0.3, 0.4) is 0 Å². The lowest BCUT2D eigenvalue weighted by atomic mass is 9.84. The summed E-state index contributed by atoms with van der Waals surface area (Å²) < 4.78 is 16.7. The molecule has 0 radical (unpaired) electrons. The Kier molecular flexibility index (Phi) is 5.67. The summed E-state index contributed by atoms with van der Waals surface area (Å²) in [6, 6.07) is 2.32. The third-order valence-electron chi connectivity index (χ3n) is 5.97. The highest BCUT2D eigenvalue weighted by Crippen LogP contribution is 2.38.